The van der Waals surface area contributed by atoms with Crippen molar-refractivity contribution in [1.29, 1.82) is 0 Å². The van der Waals surface area contributed by atoms with Crippen LogP contribution >= 0.6 is 0 Å². The van der Waals surface area contributed by atoms with E-state index in [0.29, 0.717) is 12.1 Å². The van der Waals surface area contributed by atoms with Crippen LogP contribution in [0.1, 0.15) is 28.4 Å². The molecule has 16 heavy (non-hydrogen) atoms. The maximum atomic E-state index is 11.7. The van der Waals surface area contributed by atoms with Gasteiger partial charge in [0, 0.05) is 17.7 Å². The summed E-state index contributed by atoms with van der Waals surface area (Å²) in [4.78, 5) is 11.7. The second-order valence-corrected chi connectivity index (χ2v) is 3.35. The van der Waals surface area contributed by atoms with Crippen molar-refractivity contribution in [3.8, 4) is 11.8 Å². The number of benzene rings is 1. The number of aliphatic hydroxyl groups excluding tert-OH is 1. The number of rotatable bonds is 2. The maximum absolute atomic E-state index is 11.7. The van der Waals surface area contributed by atoms with Crippen molar-refractivity contribution in [2.45, 2.75) is 13.8 Å². The molecule has 1 aromatic rings. The minimum absolute atomic E-state index is 0.0901. The summed E-state index contributed by atoms with van der Waals surface area (Å²) in [6.45, 7) is 4.19. The van der Waals surface area contributed by atoms with Crippen molar-refractivity contribution >= 4 is 5.91 Å². The summed E-state index contributed by atoms with van der Waals surface area (Å²) >= 11 is 0. The van der Waals surface area contributed by atoms with Crippen molar-refractivity contribution in [2.75, 3.05) is 13.2 Å². The van der Waals surface area contributed by atoms with Gasteiger partial charge in [-0.1, -0.05) is 17.9 Å². The van der Waals surface area contributed by atoms with Crippen LogP contribution in [0.5, 0.6) is 0 Å². The summed E-state index contributed by atoms with van der Waals surface area (Å²) in [5, 5.41) is 11.3. The predicted octanol–water partition coefficient (Wildman–Crippen LogP) is 1.09. The molecule has 0 radical (unpaired) electrons. The van der Waals surface area contributed by atoms with E-state index < -0.39 is 0 Å². The summed E-state index contributed by atoms with van der Waals surface area (Å²) in [7, 11) is 0. The Bertz CT molecular complexity index is 441. The van der Waals surface area contributed by atoms with E-state index in [-0.39, 0.29) is 12.5 Å². The first-order valence-electron chi connectivity index (χ1n) is 5.17. The minimum atomic E-state index is -0.176. The molecule has 0 fully saturated rings. The van der Waals surface area contributed by atoms with Crippen LogP contribution in [0, 0.1) is 18.8 Å². The molecule has 0 aromatic heterocycles. The normalized spacial score (nSPS) is 9.19. The number of hydrogen-bond acceptors (Lipinski definition) is 2. The number of carbonyl (C=O) groups excluding carboxylic acids is 1. The Morgan fingerprint density at radius 3 is 2.88 bits per heavy atom. The van der Waals surface area contributed by atoms with Crippen molar-refractivity contribution < 1.29 is 9.90 Å². The Hall–Kier alpha value is -1.79. The van der Waals surface area contributed by atoms with Crippen LogP contribution in [0.2, 0.25) is 0 Å². The van der Waals surface area contributed by atoms with Crippen LogP contribution in [0.15, 0.2) is 18.2 Å². The molecule has 84 valence electrons. The van der Waals surface area contributed by atoms with Gasteiger partial charge in [-0.25, -0.2) is 0 Å². The van der Waals surface area contributed by atoms with E-state index in [2.05, 4.69) is 17.2 Å². The number of aliphatic hydroxyl groups is 1. The fourth-order valence-corrected chi connectivity index (χ4v) is 1.34. The number of aryl methyl sites for hydroxylation is 1. The number of amides is 1. The maximum Gasteiger partial charge on any atom is 0.251 e. The van der Waals surface area contributed by atoms with Crippen LogP contribution < -0.4 is 5.32 Å². The molecule has 0 bridgehead atoms. The highest BCUT2D eigenvalue weighted by Crippen LogP contribution is 2.10. The number of carbonyl (C=O) groups is 1. The van der Waals surface area contributed by atoms with Gasteiger partial charge in [0.25, 0.3) is 5.91 Å². The van der Waals surface area contributed by atoms with Crippen molar-refractivity contribution in [3.05, 3.63) is 34.9 Å². The van der Waals surface area contributed by atoms with Gasteiger partial charge in [0.15, 0.2) is 0 Å². The Labute approximate surface area is 95.5 Å². The topological polar surface area (TPSA) is 49.3 Å². The number of hydrogen-bond donors (Lipinski definition) is 2. The van der Waals surface area contributed by atoms with Gasteiger partial charge >= 0.3 is 0 Å². The van der Waals surface area contributed by atoms with E-state index in [0.717, 1.165) is 11.1 Å². The van der Waals surface area contributed by atoms with Crippen molar-refractivity contribution in [3.63, 3.8) is 0 Å². The third kappa shape index (κ3) is 3.11. The summed E-state index contributed by atoms with van der Waals surface area (Å²) < 4.78 is 0. The van der Waals surface area contributed by atoms with Crippen LogP contribution in [0.25, 0.3) is 0 Å². The molecule has 3 heteroatoms. The molecule has 0 heterocycles. The average molecular weight is 217 g/mol. The lowest BCUT2D eigenvalue weighted by molar-refractivity contribution is 0.0955. The van der Waals surface area contributed by atoms with Gasteiger partial charge in [0.2, 0.25) is 0 Å². The first-order chi connectivity index (χ1) is 7.69. The van der Waals surface area contributed by atoms with Gasteiger partial charge in [0.1, 0.15) is 6.61 Å². The van der Waals surface area contributed by atoms with E-state index >= 15 is 0 Å². The average Bonchev–Trinajstić information content (AvgIpc) is 2.28. The van der Waals surface area contributed by atoms with Crippen molar-refractivity contribution in [1.82, 2.24) is 5.32 Å². The van der Waals surface area contributed by atoms with Crippen LogP contribution in [-0.2, 0) is 0 Å². The van der Waals surface area contributed by atoms with Gasteiger partial charge in [-0.3, -0.25) is 4.79 Å². The van der Waals surface area contributed by atoms with Crippen LogP contribution in [0.4, 0.5) is 0 Å². The summed E-state index contributed by atoms with van der Waals surface area (Å²) in [6.07, 6.45) is 0. The van der Waals surface area contributed by atoms with Gasteiger partial charge < -0.3 is 10.4 Å². The third-order valence-corrected chi connectivity index (χ3v) is 2.13. The second-order valence-electron chi connectivity index (χ2n) is 3.35. The van der Waals surface area contributed by atoms with E-state index in [4.69, 9.17) is 5.11 Å². The van der Waals surface area contributed by atoms with E-state index in [1.54, 1.807) is 6.07 Å². The molecule has 0 saturated heterocycles. The zero-order valence-corrected chi connectivity index (χ0v) is 9.50. The van der Waals surface area contributed by atoms with Gasteiger partial charge in [-0.2, -0.15) is 0 Å². The highest BCUT2D eigenvalue weighted by atomic mass is 16.2. The molecule has 0 unspecified atom stereocenters. The molecule has 0 saturated carbocycles. The van der Waals surface area contributed by atoms with E-state index in [9.17, 15) is 4.79 Å². The quantitative estimate of drug-likeness (QED) is 0.728. The third-order valence-electron chi connectivity index (χ3n) is 2.13. The summed E-state index contributed by atoms with van der Waals surface area (Å²) in [5.74, 6) is 5.24. The van der Waals surface area contributed by atoms with Crippen LogP contribution in [-0.4, -0.2) is 24.2 Å². The zero-order valence-electron chi connectivity index (χ0n) is 9.50. The molecule has 0 spiro atoms. The largest absolute Gasteiger partial charge is 0.384 e. The van der Waals surface area contributed by atoms with E-state index in [1.165, 1.54) is 0 Å². The lowest BCUT2D eigenvalue weighted by atomic mass is 10.0. The summed E-state index contributed by atoms with van der Waals surface area (Å²) in [6, 6.07) is 5.43. The smallest absolute Gasteiger partial charge is 0.251 e. The molecule has 1 rings (SSSR count). The molecular weight excluding hydrogens is 202 g/mol. The molecule has 0 atom stereocenters. The molecule has 1 aromatic carbocycles. The van der Waals surface area contributed by atoms with Crippen LogP contribution in [0.3, 0.4) is 0 Å². The monoisotopic (exact) mass is 217 g/mol. The summed E-state index contributed by atoms with van der Waals surface area (Å²) in [5.41, 5.74) is 2.29. The lowest BCUT2D eigenvalue weighted by Crippen LogP contribution is -2.23. The zero-order chi connectivity index (χ0) is 12.0. The first-order valence-corrected chi connectivity index (χ1v) is 5.17. The Kier molecular flexibility index (Phi) is 4.56. The van der Waals surface area contributed by atoms with Gasteiger partial charge in [-0.05, 0) is 31.5 Å². The number of nitrogens with one attached hydrogen (secondary N) is 1. The fourth-order valence-electron chi connectivity index (χ4n) is 1.34. The molecule has 3 nitrogen and oxygen atoms in total. The highest BCUT2D eigenvalue weighted by Gasteiger charge is 2.07. The van der Waals surface area contributed by atoms with Gasteiger partial charge in [0.05, 0.1) is 0 Å². The molecule has 0 aliphatic rings. The Morgan fingerprint density at radius 1 is 1.50 bits per heavy atom. The first kappa shape index (κ1) is 12.3. The van der Waals surface area contributed by atoms with Gasteiger partial charge in [-0.15, -0.1) is 0 Å². The standard InChI is InChI=1S/C13H15NO2/c1-3-14-13(16)12-9-11(5-4-8-15)7-6-10(12)2/h6-7,9,15H,3,8H2,1-2H3,(H,14,16). The molecule has 2 N–H and O–H groups in total. The molecule has 0 aliphatic heterocycles. The lowest BCUT2D eigenvalue weighted by Gasteiger charge is -2.06. The Balaban J connectivity index is 3.03. The molecule has 1 amide bonds. The predicted molar refractivity (Wildman–Crippen MR) is 63.2 cm³/mol. The highest BCUT2D eigenvalue weighted by molar-refractivity contribution is 5.95. The SMILES string of the molecule is CCNC(=O)c1cc(C#CCO)ccc1C. The fraction of sp³-hybridized carbons (Fsp3) is 0.308. The van der Waals surface area contributed by atoms with E-state index in [1.807, 2.05) is 26.0 Å². The Morgan fingerprint density at radius 2 is 2.25 bits per heavy atom. The molecular formula is C13H15NO2. The van der Waals surface area contributed by atoms with Crippen molar-refractivity contribution in [2.24, 2.45) is 0 Å². The second kappa shape index (κ2) is 5.94. The minimum Gasteiger partial charge on any atom is -0.384 e. The molecule has 0 aliphatic carbocycles.